The number of hydrogen-bond acceptors (Lipinski definition) is 3. The van der Waals surface area contributed by atoms with E-state index in [2.05, 4.69) is 5.10 Å². The number of nitrogens with zero attached hydrogens (tertiary/aromatic N) is 3. The third-order valence-corrected chi connectivity index (χ3v) is 4.82. The Hall–Kier alpha value is -2.34. The van der Waals surface area contributed by atoms with Gasteiger partial charge >= 0.3 is 0 Å². The van der Waals surface area contributed by atoms with Crippen LogP contribution in [0.3, 0.4) is 0 Å². The van der Waals surface area contributed by atoms with Crippen molar-refractivity contribution in [2.24, 2.45) is 11.7 Å². The number of nitrogens with two attached hydrogens (primary N) is 1. The summed E-state index contributed by atoms with van der Waals surface area (Å²) in [5, 5.41) is 4.89. The molecule has 1 fully saturated rings. The summed E-state index contributed by atoms with van der Waals surface area (Å²) in [6.07, 6.45) is 2.79. The SMILES string of the molecule is Cc1c(C(=O)N2CCC(C(N)=O)CC2)cnn1-c1ccccc1Cl. The van der Waals surface area contributed by atoms with Gasteiger partial charge in [0.15, 0.2) is 0 Å². The van der Waals surface area contributed by atoms with Crippen LogP contribution in [0.1, 0.15) is 28.9 Å². The molecule has 0 radical (unpaired) electrons. The van der Waals surface area contributed by atoms with E-state index in [1.54, 1.807) is 21.8 Å². The van der Waals surface area contributed by atoms with E-state index in [4.69, 9.17) is 17.3 Å². The highest BCUT2D eigenvalue weighted by atomic mass is 35.5. The lowest BCUT2D eigenvalue weighted by Gasteiger charge is -2.30. The molecule has 1 aliphatic rings. The zero-order valence-corrected chi connectivity index (χ0v) is 14.2. The molecule has 0 aliphatic carbocycles. The molecule has 7 heteroatoms. The summed E-state index contributed by atoms with van der Waals surface area (Å²) < 4.78 is 1.67. The van der Waals surface area contributed by atoms with E-state index in [0.29, 0.717) is 36.5 Å². The number of piperidine rings is 1. The second-order valence-corrected chi connectivity index (χ2v) is 6.38. The number of para-hydroxylation sites is 1. The Morgan fingerprint density at radius 1 is 1.25 bits per heavy atom. The van der Waals surface area contributed by atoms with E-state index in [0.717, 1.165) is 11.4 Å². The third-order valence-electron chi connectivity index (χ3n) is 4.51. The van der Waals surface area contributed by atoms with Gasteiger partial charge in [0.05, 0.1) is 28.2 Å². The third kappa shape index (κ3) is 3.01. The molecule has 0 bridgehead atoms. The summed E-state index contributed by atoms with van der Waals surface area (Å²) in [5.41, 5.74) is 7.37. The van der Waals surface area contributed by atoms with Crippen molar-refractivity contribution >= 4 is 23.4 Å². The zero-order valence-electron chi connectivity index (χ0n) is 13.4. The molecule has 3 rings (SSSR count). The number of amides is 2. The van der Waals surface area contributed by atoms with Gasteiger partial charge in [-0.15, -0.1) is 0 Å². The fraction of sp³-hybridized carbons (Fsp3) is 0.353. The van der Waals surface area contributed by atoms with Gasteiger partial charge in [0.25, 0.3) is 5.91 Å². The number of carbonyl (C=O) groups excluding carboxylic acids is 2. The van der Waals surface area contributed by atoms with Crippen molar-refractivity contribution in [1.29, 1.82) is 0 Å². The van der Waals surface area contributed by atoms with E-state index in [1.165, 1.54) is 0 Å². The van der Waals surface area contributed by atoms with E-state index >= 15 is 0 Å². The van der Waals surface area contributed by atoms with Crippen LogP contribution in [-0.2, 0) is 4.79 Å². The number of likely N-dealkylation sites (tertiary alicyclic amines) is 1. The van der Waals surface area contributed by atoms with Crippen LogP contribution in [0.5, 0.6) is 0 Å². The minimum absolute atomic E-state index is 0.0753. The van der Waals surface area contributed by atoms with Gasteiger partial charge in [0.2, 0.25) is 5.91 Å². The normalized spacial score (nSPS) is 15.5. The Morgan fingerprint density at radius 2 is 1.92 bits per heavy atom. The number of primary amides is 1. The van der Waals surface area contributed by atoms with Gasteiger partial charge in [-0.2, -0.15) is 5.10 Å². The molecular formula is C17H19ClN4O2. The van der Waals surface area contributed by atoms with Gasteiger partial charge in [0, 0.05) is 19.0 Å². The standard InChI is InChI=1S/C17H19ClN4O2/c1-11-13(10-20-22(11)15-5-3-2-4-14(15)18)17(24)21-8-6-12(7-9-21)16(19)23/h2-5,10,12H,6-9H2,1H3,(H2,19,23). The Balaban J connectivity index is 1.80. The number of benzene rings is 1. The smallest absolute Gasteiger partial charge is 0.257 e. The summed E-state index contributed by atoms with van der Waals surface area (Å²) >= 11 is 6.21. The molecule has 0 spiro atoms. The van der Waals surface area contributed by atoms with E-state index in [-0.39, 0.29) is 17.7 Å². The van der Waals surface area contributed by atoms with Gasteiger partial charge in [-0.25, -0.2) is 4.68 Å². The second kappa shape index (κ2) is 6.65. The topological polar surface area (TPSA) is 81.2 Å². The van der Waals surface area contributed by atoms with Gasteiger partial charge in [-0.05, 0) is 31.9 Å². The first-order valence-electron chi connectivity index (χ1n) is 7.87. The lowest BCUT2D eigenvalue weighted by molar-refractivity contribution is -0.123. The average molecular weight is 347 g/mol. The minimum Gasteiger partial charge on any atom is -0.369 e. The van der Waals surface area contributed by atoms with Gasteiger partial charge in [-0.3, -0.25) is 9.59 Å². The number of halogens is 1. The predicted octanol–water partition coefficient (Wildman–Crippen LogP) is 2.17. The molecule has 0 saturated carbocycles. The second-order valence-electron chi connectivity index (χ2n) is 5.98. The first-order valence-corrected chi connectivity index (χ1v) is 8.25. The summed E-state index contributed by atoms with van der Waals surface area (Å²) in [6.45, 7) is 2.91. The lowest BCUT2D eigenvalue weighted by atomic mass is 9.96. The Morgan fingerprint density at radius 3 is 2.54 bits per heavy atom. The van der Waals surface area contributed by atoms with Gasteiger partial charge in [-0.1, -0.05) is 23.7 Å². The molecule has 2 heterocycles. The minimum atomic E-state index is -0.287. The molecule has 1 aliphatic heterocycles. The molecular weight excluding hydrogens is 328 g/mol. The monoisotopic (exact) mass is 346 g/mol. The van der Waals surface area contributed by atoms with Crippen LogP contribution in [0.25, 0.3) is 5.69 Å². The first-order chi connectivity index (χ1) is 11.5. The highest BCUT2D eigenvalue weighted by Gasteiger charge is 2.28. The fourth-order valence-corrected chi connectivity index (χ4v) is 3.24. The maximum atomic E-state index is 12.8. The Kier molecular flexibility index (Phi) is 4.57. The lowest BCUT2D eigenvalue weighted by Crippen LogP contribution is -2.41. The maximum absolute atomic E-state index is 12.8. The molecule has 1 aromatic carbocycles. The van der Waals surface area contributed by atoms with Crippen molar-refractivity contribution in [1.82, 2.24) is 14.7 Å². The zero-order chi connectivity index (χ0) is 17.3. The summed E-state index contributed by atoms with van der Waals surface area (Å²) in [6, 6.07) is 7.36. The number of aromatic nitrogens is 2. The van der Waals surface area contributed by atoms with Crippen LogP contribution < -0.4 is 5.73 Å². The van der Waals surface area contributed by atoms with Crippen molar-refractivity contribution in [2.45, 2.75) is 19.8 Å². The van der Waals surface area contributed by atoms with Crippen molar-refractivity contribution in [3.05, 3.63) is 46.7 Å². The molecule has 126 valence electrons. The van der Waals surface area contributed by atoms with Crippen LogP contribution >= 0.6 is 11.6 Å². The van der Waals surface area contributed by atoms with E-state index < -0.39 is 0 Å². The fourth-order valence-electron chi connectivity index (χ4n) is 3.02. The maximum Gasteiger partial charge on any atom is 0.257 e. The highest BCUT2D eigenvalue weighted by molar-refractivity contribution is 6.32. The van der Waals surface area contributed by atoms with Gasteiger partial charge < -0.3 is 10.6 Å². The highest BCUT2D eigenvalue weighted by Crippen LogP contribution is 2.24. The molecule has 0 atom stereocenters. The van der Waals surface area contributed by atoms with E-state index in [1.807, 2.05) is 25.1 Å². The molecule has 0 unspecified atom stereocenters. The molecule has 2 N–H and O–H groups in total. The molecule has 1 saturated heterocycles. The van der Waals surface area contributed by atoms with Crippen LogP contribution in [-0.4, -0.2) is 39.6 Å². The van der Waals surface area contributed by atoms with Crippen LogP contribution in [0.4, 0.5) is 0 Å². The number of carbonyl (C=O) groups is 2. The van der Waals surface area contributed by atoms with Crippen molar-refractivity contribution < 1.29 is 9.59 Å². The molecule has 24 heavy (non-hydrogen) atoms. The summed E-state index contributed by atoms with van der Waals surface area (Å²) in [4.78, 5) is 25.7. The van der Waals surface area contributed by atoms with Crippen molar-refractivity contribution in [3.63, 3.8) is 0 Å². The molecule has 6 nitrogen and oxygen atoms in total. The van der Waals surface area contributed by atoms with Crippen molar-refractivity contribution in [3.8, 4) is 5.69 Å². The summed E-state index contributed by atoms with van der Waals surface area (Å²) in [5.74, 6) is -0.500. The molecule has 1 aromatic heterocycles. The first kappa shape index (κ1) is 16.5. The van der Waals surface area contributed by atoms with Crippen LogP contribution in [0, 0.1) is 12.8 Å². The van der Waals surface area contributed by atoms with Gasteiger partial charge in [0.1, 0.15) is 0 Å². The quantitative estimate of drug-likeness (QED) is 0.924. The molecule has 2 amide bonds. The number of hydrogen-bond donors (Lipinski definition) is 1. The van der Waals surface area contributed by atoms with Crippen molar-refractivity contribution in [2.75, 3.05) is 13.1 Å². The van der Waals surface area contributed by atoms with Crippen LogP contribution in [0.2, 0.25) is 5.02 Å². The average Bonchev–Trinajstić information content (AvgIpc) is 2.96. The van der Waals surface area contributed by atoms with E-state index in [9.17, 15) is 9.59 Å². The largest absolute Gasteiger partial charge is 0.369 e. The van der Waals surface area contributed by atoms with Crippen LogP contribution in [0.15, 0.2) is 30.5 Å². The summed E-state index contributed by atoms with van der Waals surface area (Å²) in [7, 11) is 0. The number of rotatable bonds is 3. The Bertz CT molecular complexity index is 779. The molecule has 2 aromatic rings. The Labute approximate surface area is 145 Å². The predicted molar refractivity (Wildman–Crippen MR) is 91.1 cm³/mol.